The number of hydrogen-bond acceptors (Lipinski definition) is 3. The zero-order chi connectivity index (χ0) is 18.5. The maximum atomic E-state index is 12.8. The Balaban J connectivity index is 1.64. The highest BCUT2D eigenvalue weighted by Gasteiger charge is 2.27. The maximum Gasteiger partial charge on any atom is 0.303 e. The van der Waals surface area contributed by atoms with Crippen molar-refractivity contribution in [2.24, 2.45) is 5.92 Å². The molecule has 1 aliphatic rings. The Hall–Kier alpha value is -2.40. The molecular formula is C21H26N2O3. The van der Waals surface area contributed by atoms with Gasteiger partial charge in [-0.15, -0.1) is 0 Å². The monoisotopic (exact) mass is 354 g/mol. The average molecular weight is 354 g/mol. The summed E-state index contributed by atoms with van der Waals surface area (Å²) in [6.07, 6.45) is 2.94. The van der Waals surface area contributed by atoms with Crippen molar-refractivity contribution in [3.8, 4) is 0 Å². The Morgan fingerprint density at radius 2 is 2.00 bits per heavy atom. The number of carbonyl (C=O) groups excluding carboxylic acids is 1. The summed E-state index contributed by atoms with van der Waals surface area (Å²) in [5, 5.41) is 14.1. The van der Waals surface area contributed by atoms with E-state index in [4.69, 9.17) is 5.11 Å². The molecule has 2 aromatic rings. The lowest BCUT2D eigenvalue weighted by Gasteiger charge is -2.36. The molecule has 5 heteroatoms. The molecule has 138 valence electrons. The molecule has 0 radical (unpaired) electrons. The van der Waals surface area contributed by atoms with Crippen LogP contribution in [0.3, 0.4) is 0 Å². The first kappa shape index (κ1) is 18.4. The number of rotatable bonds is 6. The van der Waals surface area contributed by atoms with Gasteiger partial charge in [-0.05, 0) is 50.1 Å². The van der Waals surface area contributed by atoms with Crippen LogP contribution in [0.1, 0.15) is 32.6 Å². The van der Waals surface area contributed by atoms with Crippen LogP contribution in [0.25, 0.3) is 10.8 Å². The van der Waals surface area contributed by atoms with Crippen molar-refractivity contribution >= 4 is 28.3 Å². The molecule has 3 rings (SSSR count). The highest BCUT2D eigenvalue weighted by atomic mass is 16.4. The van der Waals surface area contributed by atoms with Crippen molar-refractivity contribution in [1.29, 1.82) is 0 Å². The number of aliphatic carboxylic acids is 1. The predicted molar refractivity (Wildman–Crippen MR) is 103 cm³/mol. The molecule has 1 aliphatic heterocycles. The summed E-state index contributed by atoms with van der Waals surface area (Å²) in [7, 11) is 0. The van der Waals surface area contributed by atoms with E-state index in [0.29, 0.717) is 12.3 Å². The minimum Gasteiger partial charge on any atom is -0.481 e. The molecule has 2 unspecified atom stereocenters. The number of amides is 1. The van der Waals surface area contributed by atoms with Gasteiger partial charge in [0.1, 0.15) is 0 Å². The van der Waals surface area contributed by atoms with Gasteiger partial charge in [0, 0.05) is 24.0 Å². The van der Waals surface area contributed by atoms with Gasteiger partial charge in [0.2, 0.25) is 5.91 Å². The second kappa shape index (κ2) is 8.32. The van der Waals surface area contributed by atoms with Crippen molar-refractivity contribution in [2.45, 2.75) is 38.6 Å². The number of likely N-dealkylation sites (tertiary alicyclic amines) is 1. The Kier molecular flexibility index (Phi) is 5.89. The first-order chi connectivity index (χ1) is 12.5. The van der Waals surface area contributed by atoms with Gasteiger partial charge in [-0.25, -0.2) is 0 Å². The Morgan fingerprint density at radius 3 is 2.81 bits per heavy atom. The minimum atomic E-state index is -0.746. The molecule has 1 amide bonds. The average Bonchev–Trinajstić information content (AvgIpc) is 2.66. The molecule has 2 aromatic carbocycles. The number of anilines is 1. The number of carboxylic acid groups (broad SMARTS) is 1. The number of carboxylic acids is 1. The summed E-state index contributed by atoms with van der Waals surface area (Å²) in [6, 6.07) is 13.7. The van der Waals surface area contributed by atoms with Gasteiger partial charge >= 0.3 is 5.97 Å². The smallest absolute Gasteiger partial charge is 0.303 e. The van der Waals surface area contributed by atoms with Crippen LogP contribution >= 0.6 is 0 Å². The summed E-state index contributed by atoms with van der Waals surface area (Å²) in [6.45, 7) is 3.60. The lowest BCUT2D eigenvalue weighted by Crippen LogP contribution is -2.47. The van der Waals surface area contributed by atoms with Gasteiger partial charge in [-0.1, -0.05) is 36.4 Å². The number of benzene rings is 2. The van der Waals surface area contributed by atoms with E-state index in [1.807, 2.05) is 49.4 Å². The highest BCUT2D eigenvalue weighted by Crippen LogP contribution is 2.25. The van der Waals surface area contributed by atoms with Crippen LogP contribution in [0.2, 0.25) is 0 Å². The Labute approximate surface area is 154 Å². The van der Waals surface area contributed by atoms with Crippen LogP contribution < -0.4 is 5.32 Å². The van der Waals surface area contributed by atoms with Crippen molar-refractivity contribution in [3.63, 3.8) is 0 Å². The molecular weight excluding hydrogens is 328 g/mol. The Bertz CT molecular complexity index is 784. The second-order valence-electron chi connectivity index (χ2n) is 7.13. The summed E-state index contributed by atoms with van der Waals surface area (Å²) in [5.74, 6) is -0.406. The van der Waals surface area contributed by atoms with E-state index in [0.717, 1.165) is 42.4 Å². The van der Waals surface area contributed by atoms with Gasteiger partial charge in [0.15, 0.2) is 0 Å². The minimum absolute atomic E-state index is 0.0137. The van der Waals surface area contributed by atoms with E-state index in [9.17, 15) is 9.59 Å². The van der Waals surface area contributed by atoms with Gasteiger partial charge < -0.3 is 10.4 Å². The van der Waals surface area contributed by atoms with Gasteiger partial charge in [-0.3, -0.25) is 14.5 Å². The molecule has 0 bridgehead atoms. The third-order valence-corrected chi connectivity index (χ3v) is 5.29. The van der Waals surface area contributed by atoms with Crippen LogP contribution in [0, 0.1) is 5.92 Å². The van der Waals surface area contributed by atoms with Crippen LogP contribution in [0.5, 0.6) is 0 Å². The number of carbonyl (C=O) groups is 2. The zero-order valence-electron chi connectivity index (χ0n) is 15.1. The van der Waals surface area contributed by atoms with Crippen molar-refractivity contribution in [2.75, 3.05) is 18.4 Å². The standard InChI is InChI=1S/C21H26N2O3/c1-15(23-13-5-6-16(14-23)11-12-20(24)25)21(26)22-19-10-4-8-17-7-2-3-9-18(17)19/h2-4,7-10,15-16H,5-6,11-14H2,1H3,(H,22,26)(H,24,25). The van der Waals surface area contributed by atoms with Gasteiger partial charge in [0.05, 0.1) is 6.04 Å². The molecule has 0 saturated carbocycles. The summed E-state index contributed by atoms with van der Waals surface area (Å²) in [5.41, 5.74) is 0.833. The van der Waals surface area contributed by atoms with E-state index in [1.54, 1.807) is 0 Å². The normalized spacial score (nSPS) is 19.2. The van der Waals surface area contributed by atoms with Gasteiger partial charge in [-0.2, -0.15) is 0 Å². The fourth-order valence-corrected chi connectivity index (χ4v) is 3.75. The highest BCUT2D eigenvalue weighted by molar-refractivity contribution is 6.03. The third-order valence-electron chi connectivity index (χ3n) is 5.29. The number of nitrogens with zero attached hydrogens (tertiary/aromatic N) is 1. The summed E-state index contributed by atoms with van der Waals surface area (Å²) >= 11 is 0. The van der Waals surface area contributed by atoms with Crippen LogP contribution in [0.4, 0.5) is 5.69 Å². The van der Waals surface area contributed by atoms with Gasteiger partial charge in [0.25, 0.3) is 0 Å². The molecule has 2 atom stereocenters. The lowest BCUT2D eigenvalue weighted by atomic mass is 9.92. The first-order valence-electron chi connectivity index (χ1n) is 9.29. The molecule has 5 nitrogen and oxygen atoms in total. The molecule has 26 heavy (non-hydrogen) atoms. The first-order valence-corrected chi connectivity index (χ1v) is 9.29. The largest absolute Gasteiger partial charge is 0.481 e. The molecule has 1 fully saturated rings. The van der Waals surface area contributed by atoms with E-state index in [-0.39, 0.29) is 18.4 Å². The lowest BCUT2D eigenvalue weighted by molar-refractivity contribution is -0.137. The molecule has 1 saturated heterocycles. The molecule has 0 aliphatic carbocycles. The second-order valence-corrected chi connectivity index (χ2v) is 7.13. The number of hydrogen-bond donors (Lipinski definition) is 2. The quantitative estimate of drug-likeness (QED) is 0.829. The van der Waals surface area contributed by atoms with Crippen molar-refractivity contribution in [1.82, 2.24) is 4.90 Å². The van der Waals surface area contributed by atoms with E-state index in [1.165, 1.54) is 0 Å². The van der Waals surface area contributed by atoms with Crippen LogP contribution in [-0.4, -0.2) is 41.0 Å². The molecule has 0 aromatic heterocycles. The molecule has 1 heterocycles. The van der Waals surface area contributed by atoms with E-state index < -0.39 is 5.97 Å². The summed E-state index contributed by atoms with van der Waals surface area (Å²) in [4.78, 5) is 25.8. The van der Waals surface area contributed by atoms with Crippen LogP contribution in [0.15, 0.2) is 42.5 Å². The fourth-order valence-electron chi connectivity index (χ4n) is 3.75. The van der Waals surface area contributed by atoms with Crippen LogP contribution in [-0.2, 0) is 9.59 Å². The number of fused-ring (bicyclic) bond motifs is 1. The zero-order valence-corrected chi connectivity index (χ0v) is 15.1. The topological polar surface area (TPSA) is 69.6 Å². The Morgan fingerprint density at radius 1 is 1.23 bits per heavy atom. The SMILES string of the molecule is CC(C(=O)Nc1cccc2ccccc12)N1CCCC(CCC(=O)O)C1. The van der Waals surface area contributed by atoms with E-state index in [2.05, 4.69) is 10.2 Å². The third kappa shape index (κ3) is 4.41. The molecule has 0 spiro atoms. The molecule has 2 N–H and O–H groups in total. The van der Waals surface area contributed by atoms with Crippen molar-refractivity contribution < 1.29 is 14.7 Å². The van der Waals surface area contributed by atoms with Crippen molar-refractivity contribution in [3.05, 3.63) is 42.5 Å². The number of nitrogens with one attached hydrogen (secondary N) is 1. The summed E-state index contributed by atoms with van der Waals surface area (Å²) < 4.78 is 0. The fraction of sp³-hybridized carbons (Fsp3) is 0.429. The number of piperidine rings is 1. The van der Waals surface area contributed by atoms with E-state index >= 15 is 0 Å². The maximum absolute atomic E-state index is 12.8. The predicted octanol–water partition coefficient (Wildman–Crippen LogP) is 3.74.